The molecule has 0 saturated carbocycles. The number of benzene rings is 1. The highest BCUT2D eigenvalue weighted by molar-refractivity contribution is 7.89. The summed E-state index contributed by atoms with van der Waals surface area (Å²) in [6, 6.07) is 8.44. The van der Waals surface area contributed by atoms with Crippen molar-refractivity contribution in [3.8, 4) is 0 Å². The molecule has 9 heteroatoms. The number of aromatic nitrogens is 2. The zero-order chi connectivity index (χ0) is 18.6. The molecule has 1 aliphatic heterocycles. The van der Waals surface area contributed by atoms with Crippen molar-refractivity contribution < 1.29 is 13.2 Å². The summed E-state index contributed by atoms with van der Waals surface area (Å²) >= 11 is 0. The van der Waals surface area contributed by atoms with Crippen LogP contribution in [0.1, 0.15) is 5.56 Å². The van der Waals surface area contributed by atoms with Gasteiger partial charge in [0.1, 0.15) is 0 Å². The van der Waals surface area contributed by atoms with Crippen molar-refractivity contribution in [1.82, 2.24) is 19.6 Å². The number of hydrogen-bond donors (Lipinski definition) is 1. The molecule has 8 nitrogen and oxygen atoms in total. The van der Waals surface area contributed by atoms with Gasteiger partial charge in [-0.1, -0.05) is 18.2 Å². The van der Waals surface area contributed by atoms with E-state index in [1.807, 2.05) is 4.90 Å². The first-order valence-electron chi connectivity index (χ1n) is 8.32. The predicted molar refractivity (Wildman–Crippen MR) is 97.2 cm³/mol. The lowest BCUT2D eigenvalue weighted by Gasteiger charge is -2.34. The van der Waals surface area contributed by atoms with Gasteiger partial charge in [0.05, 0.1) is 11.4 Å². The van der Waals surface area contributed by atoms with E-state index >= 15 is 0 Å². The van der Waals surface area contributed by atoms with Crippen LogP contribution in [0.4, 0.5) is 5.95 Å². The Labute approximate surface area is 152 Å². The van der Waals surface area contributed by atoms with Crippen LogP contribution in [0, 0.1) is 6.92 Å². The molecule has 1 aromatic carbocycles. The van der Waals surface area contributed by atoms with Crippen molar-refractivity contribution in [3.63, 3.8) is 0 Å². The molecular weight excluding hydrogens is 354 g/mol. The molecule has 0 atom stereocenters. The van der Waals surface area contributed by atoms with Crippen LogP contribution in [0.15, 0.2) is 47.6 Å². The largest absolute Gasteiger partial charge is 0.338 e. The maximum Gasteiger partial charge on any atom is 0.241 e. The molecule has 26 heavy (non-hydrogen) atoms. The van der Waals surface area contributed by atoms with E-state index in [-0.39, 0.29) is 17.3 Å². The van der Waals surface area contributed by atoms with E-state index in [9.17, 15) is 13.2 Å². The number of rotatable bonds is 5. The normalized spacial score (nSPS) is 15.1. The summed E-state index contributed by atoms with van der Waals surface area (Å²) in [5, 5.41) is 0. The lowest BCUT2D eigenvalue weighted by atomic mass is 10.2. The van der Waals surface area contributed by atoms with E-state index < -0.39 is 10.0 Å². The molecule has 1 amide bonds. The first-order chi connectivity index (χ1) is 12.5. The number of sulfonamides is 1. The fraction of sp³-hybridized carbons (Fsp3) is 0.353. The Kier molecular flexibility index (Phi) is 5.48. The van der Waals surface area contributed by atoms with E-state index in [0.717, 1.165) is 0 Å². The second-order valence-electron chi connectivity index (χ2n) is 6.01. The van der Waals surface area contributed by atoms with Gasteiger partial charge in [0, 0.05) is 38.6 Å². The summed E-state index contributed by atoms with van der Waals surface area (Å²) in [7, 11) is -3.71. The highest BCUT2D eigenvalue weighted by atomic mass is 32.2. The first-order valence-corrected chi connectivity index (χ1v) is 9.81. The predicted octanol–water partition coefficient (Wildman–Crippen LogP) is 0.412. The SMILES string of the molecule is Cc1ccccc1S(=O)(=O)NCC(=O)N1CCN(c2ncccn2)CC1. The summed E-state index contributed by atoms with van der Waals surface area (Å²) in [4.78, 5) is 24.6. The van der Waals surface area contributed by atoms with Crippen LogP contribution in [-0.4, -0.2) is 61.9 Å². The zero-order valence-electron chi connectivity index (χ0n) is 14.5. The Bertz CT molecular complexity index is 865. The van der Waals surface area contributed by atoms with E-state index in [0.29, 0.717) is 37.7 Å². The summed E-state index contributed by atoms with van der Waals surface area (Å²) in [6.07, 6.45) is 3.36. The van der Waals surface area contributed by atoms with E-state index in [1.165, 1.54) is 6.07 Å². The van der Waals surface area contributed by atoms with Gasteiger partial charge in [-0.15, -0.1) is 0 Å². The maximum atomic E-state index is 12.4. The fourth-order valence-electron chi connectivity index (χ4n) is 2.81. The van der Waals surface area contributed by atoms with Gasteiger partial charge < -0.3 is 9.80 Å². The molecule has 1 aromatic heterocycles. The number of nitrogens with zero attached hydrogens (tertiary/aromatic N) is 4. The highest BCUT2D eigenvalue weighted by Gasteiger charge is 2.24. The second kappa shape index (κ2) is 7.79. The number of carbonyl (C=O) groups is 1. The van der Waals surface area contributed by atoms with Crippen LogP contribution < -0.4 is 9.62 Å². The van der Waals surface area contributed by atoms with Crippen LogP contribution in [0.25, 0.3) is 0 Å². The zero-order valence-corrected chi connectivity index (χ0v) is 15.3. The number of piperazine rings is 1. The van der Waals surface area contributed by atoms with E-state index in [4.69, 9.17) is 0 Å². The molecular formula is C17H21N5O3S. The summed E-state index contributed by atoms with van der Waals surface area (Å²) in [5.74, 6) is 0.399. The Morgan fingerprint density at radius 1 is 1.08 bits per heavy atom. The van der Waals surface area contributed by atoms with Gasteiger partial charge in [-0.3, -0.25) is 4.79 Å². The molecule has 138 valence electrons. The monoisotopic (exact) mass is 375 g/mol. The molecule has 3 rings (SSSR count). The van der Waals surface area contributed by atoms with Crippen LogP contribution in [-0.2, 0) is 14.8 Å². The van der Waals surface area contributed by atoms with Crippen molar-refractivity contribution in [2.45, 2.75) is 11.8 Å². The average molecular weight is 375 g/mol. The number of carbonyl (C=O) groups excluding carboxylic acids is 1. The second-order valence-corrected chi connectivity index (χ2v) is 7.74. The van der Waals surface area contributed by atoms with Gasteiger partial charge >= 0.3 is 0 Å². The third-order valence-corrected chi connectivity index (χ3v) is 5.83. The molecule has 0 unspecified atom stereocenters. The van der Waals surface area contributed by atoms with Crippen molar-refractivity contribution in [2.75, 3.05) is 37.6 Å². The number of nitrogens with one attached hydrogen (secondary N) is 1. The van der Waals surface area contributed by atoms with Gasteiger partial charge in [-0.2, -0.15) is 0 Å². The van der Waals surface area contributed by atoms with Crippen LogP contribution in [0.2, 0.25) is 0 Å². The third kappa shape index (κ3) is 4.17. The smallest absolute Gasteiger partial charge is 0.241 e. The molecule has 0 bridgehead atoms. The minimum absolute atomic E-state index is 0.193. The number of anilines is 1. The standard InChI is InChI=1S/C17H21N5O3S/c1-14-5-2-3-6-15(14)26(24,25)20-13-16(23)21-9-11-22(12-10-21)17-18-7-4-8-19-17/h2-8,20H,9-13H2,1H3. The molecule has 1 N–H and O–H groups in total. The van der Waals surface area contributed by atoms with Gasteiger partial charge in [0.15, 0.2) is 0 Å². The van der Waals surface area contributed by atoms with E-state index in [2.05, 4.69) is 14.7 Å². The molecule has 1 saturated heterocycles. The van der Waals surface area contributed by atoms with Crippen molar-refractivity contribution in [1.29, 1.82) is 0 Å². The number of amides is 1. The summed E-state index contributed by atoms with van der Waals surface area (Å²) in [5.41, 5.74) is 0.643. The highest BCUT2D eigenvalue weighted by Crippen LogP contribution is 2.14. The molecule has 0 aliphatic carbocycles. The van der Waals surface area contributed by atoms with E-state index in [1.54, 1.807) is 48.5 Å². The van der Waals surface area contributed by atoms with Crippen molar-refractivity contribution in [2.24, 2.45) is 0 Å². The quantitative estimate of drug-likeness (QED) is 0.813. The van der Waals surface area contributed by atoms with Crippen LogP contribution >= 0.6 is 0 Å². The van der Waals surface area contributed by atoms with Crippen LogP contribution in [0.3, 0.4) is 0 Å². The first kappa shape index (κ1) is 18.3. The maximum absolute atomic E-state index is 12.4. The van der Waals surface area contributed by atoms with Gasteiger partial charge in [-0.25, -0.2) is 23.1 Å². The Balaban J connectivity index is 1.54. The molecule has 1 fully saturated rings. The molecule has 1 aliphatic rings. The van der Waals surface area contributed by atoms with Gasteiger partial charge in [0.2, 0.25) is 21.9 Å². The molecule has 2 heterocycles. The third-order valence-electron chi connectivity index (χ3n) is 4.26. The Morgan fingerprint density at radius 2 is 1.73 bits per heavy atom. The number of hydrogen-bond acceptors (Lipinski definition) is 6. The summed E-state index contributed by atoms with van der Waals surface area (Å²) < 4.78 is 27.1. The van der Waals surface area contributed by atoms with Gasteiger partial charge in [-0.05, 0) is 24.6 Å². The van der Waals surface area contributed by atoms with Crippen LogP contribution in [0.5, 0.6) is 0 Å². The minimum Gasteiger partial charge on any atom is -0.338 e. The number of aryl methyl sites for hydroxylation is 1. The Hall–Kier alpha value is -2.52. The Morgan fingerprint density at radius 3 is 2.38 bits per heavy atom. The van der Waals surface area contributed by atoms with Crippen molar-refractivity contribution >= 4 is 21.9 Å². The fourth-order valence-corrected chi connectivity index (χ4v) is 4.03. The average Bonchev–Trinajstić information content (AvgIpc) is 2.67. The lowest BCUT2D eigenvalue weighted by Crippen LogP contribution is -2.51. The summed E-state index contributed by atoms with van der Waals surface area (Å²) in [6.45, 7) is 3.70. The molecule has 0 radical (unpaired) electrons. The lowest BCUT2D eigenvalue weighted by molar-refractivity contribution is -0.130. The minimum atomic E-state index is -3.71. The molecule has 0 spiro atoms. The molecule has 2 aromatic rings. The van der Waals surface area contributed by atoms with Crippen molar-refractivity contribution in [3.05, 3.63) is 48.3 Å². The topological polar surface area (TPSA) is 95.5 Å². The van der Waals surface area contributed by atoms with Gasteiger partial charge in [0.25, 0.3) is 0 Å².